The van der Waals surface area contributed by atoms with Gasteiger partial charge in [-0.15, -0.1) is 0 Å². The Morgan fingerprint density at radius 3 is 2.07 bits per heavy atom. The number of hydrogen-bond donors (Lipinski definition) is 2. The molecule has 3 aromatic carbocycles. The standard InChI is InChI=1S/C47H53N5O6/c1-28-37(31-16-15-30-22-36(23-33(30)21-31)50-44(55)57-46(3,4)5)11-9-13-39(28)40-14-10-12-38(29(40)2)32-19-20-52-41(24-32)48-25-34(43(52)54)26-51(45(56)58-47(6,7)8)27-35-17-18-42(53)49-35/h9-16,19-21,24-25,35-36H,17-18,22-23,26-27H2,1-8H3,(H,49,53)(H,50,55)/t35-,36?/m0/s1. The maximum atomic E-state index is 13.8. The first-order valence-electron chi connectivity index (χ1n) is 20.0. The molecule has 1 saturated heterocycles. The predicted molar refractivity (Wildman–Crippen MR) is 226 cm³/mol. The quantitative estimate of drug-likeness (QED) is 0.162. The molecule has 11 nitrogen and oxygen atoms in total. The van der Waals surface area contributed by atoms with Crippen molar-refractivity contribution in [3.63, 3.8) is 0 Å². The number of carbonyl (C=O) groups excluding carboxylic acids is 3. The Labute approximate surface area is 339 Å². The van der Waals surface area contributed by atoms with Crippen molar-refractivity contribution < 1.29 is 23.9 Å². The van der Waals surface area contributed by atoms with Crippen molar-refractivity contribution in [1.82, 2.24) is 24.9 Å². The molecule has 3 heterocycles. The highest BCUT2D eigenvalue weighted by atomic mass is 16.6. The van der Waals surface area contributed by atoms with Crippen LogP contribution in [0, 0.1) is 13.8 Å². The summed E-state index contributed by atoms with van der Waals surface area (Å²) < 4.78 is 12.7. The van der Waals surface area contributed by atoms with Gasteiger partial charge in [0.1, 0.15) is 16.8 Å². The molecule has 1 aliphatic heterocycles. The van der Waals surface area contributed by atoms with Gasteiger partial charge in [-0.1, -0.05) is 54.6 Å². The second-order valence-corrected chi connectivity index (χ2v) is 17.6. The van der Waals surface area contributed by atoms with Crippen LogP contribution >= 0.6 is 0 Å². The lowest BCUT2D eigenvalue weighted by Gasteiger charge is -2.29. The third-order valence-corrected chi connectivity index (χ3v) is 10.8. The summed E-state index contributed by atoms with van der Waals surface area (Å²) in [7, 11) is 0. The molecule has 2 aliphatic rings. The lowest BCUT2D eigenvalue weighted by molar-refractivity contribution is -0.119. The predicted octanol–water partition coefficient (Wildman–Crippen LogP) is 8.32. The minimum Gasteiger partial charge on any atom is -0.444 e. The Hall–Kier alpha value is -5.97. The van der Waals surface area contributed by atoms with E-state index in [1.54, 1.807) is 27.0 Å². The zero-order chi connectivity index (χ0) is 41.5. The molecule has 0 saturated carbocycles. The van der Waals surface area contributed by atoms with E-state index < -0.39 is 17.3 Å². The number of hydrogen-bond acceptors (Lipinski definition) is 7. The van der Waals surface area contributed by atoms with Crippen molar-refractivity contribution in [3.8, 4) is 33.4 Å². The van der Waals surface area contributed by atoms with Gasteiger partial charge in [0.15, 0.2) is 0 Å². The fourth-order valence-electron chi connectivity index (χ4n) is 8.05. The summed E-state index contributed by atoms with van der Waals surface area (Å²) in [5, 5.41) is 5.95. The summed E-state index contributed by atoms with van der Waals surface area (Å²) >= 11 is 0. The summed E-state index contributed by atoms with van der Waals surface area (Å²) in [4.78, 5) is 57.5. The van der Waals surface area contributed by atoms with Gasteiger partial charge in [0.2, 0.25) is 5.91 Å². The minimum absolute atomic E-state index is 0.00324. The molecule has 7 rings (SSSR count). The van der Waals surface area contributed by atoms with E-state index in [0.29, 0.717) is 24.1 Å². The molecule has 0 spiro atoms. The number of alkyl carbamates (subject to hydrolysis) is 1. The molecule has 1 unspecified atom stereocenters. The smallest absolute Gasteiger partial charge is 0.410 e. The molecule has 1 fully saturated rings. The van der Waals surface area contributed by atoms with Gasteiger partial charge < -0.3 is 25.0 Å². The van der Waals surface area contributed by atoms with Crippen LogP contribution in [0.25, 0.3) is 39.0 Å². The molecular formula is C47H53N5O6. The number of carbonyl (C=O) groups is 3. The average molecular weight is 784 g/mol. The summed E-state index contributed by atoms with van der Waals surface area (Å²) in [5.74, 6) is -0.0526. The van der Waals surface area contributed by atoms with Crippen molar-refractivity contribution in [2.75, 3.05) is 6.54 Å². The molecule has 0 radical (unpaired) electrons. The lowest BCUT2D eigenvalue weighted by atomic mass is 9.88. The normalized spacial score (nSPS) is 16.5. The largest absolute Gasteiger partial charge is 0.444 e. The third-order valence-electron chi connectivity index (χ3n) is 10.8. The van der Waals surface area contributed by atoms with Crippen LogP contribution in [0.15, 0.2) is 83.9 Å². The minimum atomic E-state index is -0.727. The van der Waals surface area contributed by atoms with E-state index in [0.717, 1.165) is 51.8 Å². The first kappa shape index (κ1) is 40.2. The van der Waals surface area contributed by atoms with Gasteiger partial charge in [0.25, 0.3) is 5.56 Å². The van der Waals surface area contributed by atoms with Crippen molar-refractivity contribution in [3.05, 3.63) is 117 Å². The number of pyridine rings is 1. The van der Waals surface area contributed by atoms with Crippen molar-refractivity contribution in [2.45, 2.75) is 111 Å². The number of nitrogens with one attached hydrogen (secondary N) is 2. The zero-order valence-corrected chi connectivity index (χ0v) is 34.7. The topological polar surface area (TPSA) is 131 Å². The van der Waals surface area contributed by atoms with Crippen LogP contribution in [0.2, 0.25) is 0 Å². The number of aromatic nitrogens is 2. The highest BCUT2D eigenvalue weighted by Crippen LogP contribution is 2.38. The summed E-state index contributed by atoms with van der Waals surface area (Å²) in [6.45, 7) is 15.5. The SMILES string of the molecule is Cc1c(-c2ccc3c(c2)CC(NC(=O)OC(C)(C)C)C3)cccc1-c1cccc(-c2ccn3c(=O)c(CN(C[C@@H]4CCC(=O)N4)C(=O)OC(C)(C)C)cnc3c2)c1C. The number of ether oxygens (including phenoxy) is 2. The van der Waals surface area contributed by atoms with Gasteiger partial charge in [-0.05, 0) is 142 Å². The van der Waals surface area contributed by atoms with Crippen LogP contribution in [0.5, 0.6) is 0 Å². The highest BCUT2D eigenvalue weighted by molar-refractivity contribution is 5.84. The van der Waals surface area contributed by atoms with Crippen LogP contribution in [0.4, 0.5) is 9.59 Å². The van der Waals surface area contributed by atoms with Crippen LogP contribution < -0.4 is 16.2 Å². The highest BCUT2D eigenvalue weighted by Gasteiger charge is 2.30. The summed E-state index contributed by atoms with van der Waals surface area (Å²) in [6, 6.07) is 22.9. The van der Waals surface area contributed by atoms with Crippen LogP contribution in [-0.4, -0.2) is 62.2 Å². The maximum absolute atomic E-state index is 13.8. The molecule has 5 aromatic rings. The number of nitrogens with zero attached hydrogens (tertiary/aromatic N) is 3. The van der Waals surface area contributed by atoms with Gasteiger partial charge in [-0.3, -0.25) is 14.0 Å². The van der Waals surface area contributed by atoms with Crippen molar-refractivity contribution in [1.29, 1.82) is 0 Å². The third kappa shape index (κ3) is 8.93. The fraction of sp³-hybridized carbons (Fsp3) is 0.383. The first-order chi connectivity index (χ1) is 27.4. The number of benzene rings is 3. The van der Waals surface area contributed by atoms with E-state index in [1.165, 1.54) is 32.2 Å². The van der Waals surface area contributed by atoms with E-state index in [4.69, 9.17) is 9.47 Å². The van der Waals surface area contributed by atoms with E-state index in [9.17, 15) is 19.2 Å². The molecule has 11 heteroatoms. The number of amides is 3. The van der Waals surface area contributed by atoms with Crippen LogP contribution in [0.1, 0.15) is 82.2 Å². The molecule has 3 amide bonds. The van der Waals surface area contributed by atoms with Gasteiger partial charge in [0.05, 0.1) is 12.1 Å². The van der Waals surface area contributed by atoms with Crippen LogP contribution in [0.3, 0.4) is 0 Å². The van der Waals surface area contributed by atoms with Gasteiger partial charge in [0, 0.05) is 37.4 Å². The second kappa shape index (κ2) is 15.8. The monoisotopic (exact) mass is 783 g/mol. The van der Waals surface area contributed by atoms with Gasteiger partial charge in [-0.2, -0.15) is 0 Å². The number of fused-ring (bicyclic) bond motifs is 2. The molecule has 2 N–H and O–H groups in total. The molecule has 1 aliphatic carbocycles. The molecule has 58 heavy (non-hydrogen) atoms. The Kier molecular flexibility index (Phi) is 10.9. The Bertz CT molecular complexity index is 2480. The molecule has 2 atom stereocenters. The van der Waals surface area contributed by atoms with E-state index in [2.05, 4.69) is 84.1 Å². The van der Waals surface area contributed by atoms with Crippen molar-refractivity contribution in [2.24, 2.45) is 0 Å². The Balaban J connectivity index is 1.13. The van der Waals surface area contributed by atoms with Gasteiger partial charge in [-0.25, -0.2) is 14.6 Å². The first-order valence-corrected chi connectivity index (χ1v) is 20.0. The Morgan fingerprint density at radius 1 is 0.828 bits per heavy atom. The molecular weight excluding hydrogens is 731 g/mol. The van der Waals surface area contributed by atoms with Crippen molar-refractivity contribution >= 4 is 23.7 Å². The van der Waals surface area contributed by atoms with E-state index in [1.807, 2.05) is 32.9 Å². The fourth-order valence-corrected chi connectivity index (χ4v) is 8.05. The second-order valence-electron chi connectivity index (χ2n) is 17.6. The summed E-state index contributed by atoms with van der Waals surface area (Å²) in [6.07, 6.45) is 4.85. The Morgan fingerprint density at radius 2 is 1.45 bits per heavy atom. The number of rotatable bonds is 8. The van der Waals surface area contributed by atoms with Crippen LogP contribution in [-0.2, 0) is 33.7 Å². The molecule has 302 valence electrons. The molecule has 2 aromatic heterocycles. The van der Waals surface area contributed by atoms with E-state index >= 15 is 0 Å². The maximum Gasteiger partial charge on any atom is 0.410 e. The van der Waals surface area contributed by atoms with Gasteiger partial charge >= 0.3 is 12.2 Å². The molecule has 0 bridgehead atoms. The van der Waals surface area contributed by atoms with E-state index in [-0.39, 0.29) is 42.7 Å². The lowest BCUT2D eigenvalue weighted by Crippen LogP contribution is -2.44. The average Bonchev–Trinajstić information content (AvgIpc) is 3.75. The zero-order valence-electron chi connectivity index (χ0n) is 34.7. The summed E-state index contributed by atoms with van der Waals surface area (Å²) in [5.41, 5.74) is 10.5.